The van der Waals surface area contributed by atoms with Crippen LogP contribution in [0.4, 0.5) is 4.39 Å². The lowest BCUT2D eigenvalue weighted by molar-refractivity contribution is -0.120. The summed E-state index contributed by atoms with van der Waals surface area (Å²) < 4.78 is 19.3. The van der Waals surface area contributed by atoms with Crippen molar-refractivity contribution in [2.24, 2.45) is 0 Å². The fraction of sp³-hybridized carbons (Fsp3) is 0.188. The lowest BCUT2D eigenvalue weighted by Crippen LogP contribution is -2.16. The molecule has 1 aliphatic rings. The smallest absolute Gasteiger partial charge is 0.148 e. The van der Waals surface area contributed by atoms with E-state index in [1.165, 1.54) is 6.07 Å². The molecule has 0 N–H and O–H groups in total. The van der Waals surface area contributed by atoms with Crippen molar-refractivity contribution in [3.8, 4) is 5.75 Å². The molecule has 0 amide bonds. The van der Waals surface area contributed by atoms with Crippen LogP contribution in [0.2, 0.25) is 0 Å². The molecule has 102 valence electrons. The number of fused-ring (bicyclic) bond motifs is 1. The summed E-state index contributed by atoms with van der Waals surface area (Å²) >= 11 is 3.19. The number of hydrogen-bond donors (Lipinski definition) is 0. The molecule has 0 spiro atoms. The number of Topliss-reactive ketones (excluding diaryl/α,β-unsaturated/α-hetero) is 1. The maximum absolute atomic E-state index is 13.5. The molecule has 0 fully saturated rings. The molecule has 1 heterocycles. The van der Waals surface area contributed by atoms with Crippen molar-refractivity contribution in [3.05, 3.63) is 63.9 Å². The van der Waals surface area contributed by atoms with Gasteiger partial charge in [0, 0.05) is 12.0 Å². The van der Waals surface area contributed by atoms with Gasteiger partial charge in [0.2, 0.25) is 0 Å². The molecule has 2 aromatic carbocycles. The minimum atomic E-state index is -0.349. The quantitative estimate of drug-likeness (QED) is 0.851. The SMILES string of the molecule is O=C(Cc1cccc(F)c1Br)C1COc2ccccc21. The Bertz CT molecular complexity index is 669. The Hall–Kier alpha value is -1.68. The van der Waals surface area contributed by atoms with Crippen molar-refractivity contribution in [1.82, 2.24) is 0 Å². The summed E-state index contributed by atoms with van der Waals surface area (Å²) in [5.41, 5.74) is 1.59. The van der Waals surface area contributed by atoms with Gasteiger partial charge in [-0.15, -0.1) is 0 Å². The number of rotatable bonds is 3. The molecule has 20 heavy (non-hydrogen) atoms. The molecule has 0 saturated carbocycles. The van der Waals surface area contributed by atoms with Crippen LogP contribution in [0.15, 0.2) is 46.9 Å². The number of hydrogen-bond acceptors (Lipinski definition) is 2. The topological polar surface area (TPSA) is 26.3 Å². The average molecular weight is 335 g/mol. The number of ether oxygens (including phenoxy) is 1. The summed E-state index contributed by atoms with van der Waals surface area (Å²) in [5.74, 6) is 0.199. The molecule has 0 aromatic heterocycles. The molecule has 3 rings (SSSR count). The molecule has 0 radical (unpaired) electrons. The fourth-order valence-corrected chi connectivity index (χ4v) is 2.83. The molecular formula is C16H12BrFO2. The van der Waals surface area contributed by atoms with Gasteiger partial charge in [-0.25, -0.2) is 4.39 Å². The van der Waals surface area contributed by atoms with E-state index < -0.39 is 0 Å². The molecule has 0 aliphatic carbocycles. The summed E-state index contributed by atoms with van der Waals surface area (Å²) in [6.45, 7) is 0.366. The molecule has 1 atom stereocenters. The highest BCUT2D eigenvalue weighted by Crippen LogP contribution is 2.35. The Kier molecular flexibility index (Phi) is 3.57. The van der Waals surface area contributed by atoms with Gasteiger partial charge in [-0.05, 0) is 33.6 Å². The van der Waals surface area contributed by atoms with Gasteiger partial charge in [0.15, 0.2) is 0 Å². The van der Waals surface area contributed by atoms with Gasteiger partial charge in [0.1, 0.15) is 24.0 Å². The van der Waals surface area contributed by atoms with Crippen molar-refractivity contribution >= 4 is 21.7 Å². The number of carbonyl (C=O) groups excluding carboxylic acids is 1. The van der Waals surface area contributed by atoms with E-state index >= 15 is 0 Å². The van der Waals surface area contributed by atoms with Crippen molar-refractivity contribution in [2.75, 3.05) is 6.61 Å². The van der Waals surface area contributed by atoms with E-state index in [9.17, 15) is 9.18 Å². The second kappa shape index (κ2) is 5.37. The van der Waals surface area contributed by atoms with Crippen LogP contribution in [0.3, 0.4) is 0 Å². The molecule has 2 nitrogen and oxygen atoms in total. The van der Waals surface area contributed by atoms with E-state index in [4.69, 9.17) is 4.74 Å². The largest absolute Gasteiger partial charge is 0.492 e. The molecule has 1 aliphatic heterocycles. The molecule has 1 unspecified atom stereocenters. The van der Waals surface area contributed by atoms with E-state index in [0.717, 1.165) is 11.3 Å². The average Bonchev–Trinajstić information content (AvgIpc) is 2.88. The van der Waals surface area contributed by atoms with Gasteiger partial charge in [-0.1, -0.05) is 30.3 Å². The van der Waals surface area contributed by atoms with Crippen molar-refractivity contribution < 1.29 is 13.9 Å². The number of carbonyl (C=O) groups is 1. The Balaban J connectivity index is 1.83. The first-order valence-electron chi connectivity index (χ1n) is 6.34. The van der Waals surface area contributed by atoms with Crippen molar-refractivity contribution in [3.63, 3.8) is 0 Å². The van der Waals surface area contributed by atoms with Crippen molar-refractivity contribution in [2.45, 2.75) is 12.3 Å². The first kappa shape index (κ1) is 13.3. The van der Waals surface area contributed by atoms with Crippen LogP contribution < -0.4 is 4.74 Å². The third kappa shape index (κ3) is 2.36. The van der Waals surface area contributed by atoms with Gasteiger partial charge in [-0.3, -0.25) is 4.79 Å². The number of halogens is 2. The van der Waals surface area contributed by atoms with Crippen LogP contribution in [-0.2, 0) is 11.2 Å². The van der Waals surface area contributed by atoms with E-state index in [0.29, 0.717) is 16.6 Å². The summed E-state index contributed by atoms with van der Waals surface area (Å²) in [7, 11) is 0. The first-order chi connectivity index (χ1) is 9.66. The molecule has 2 aromatic rings. The molecule has 0 saturated heterocycles. The van der Waals surface area contributed by atoms with Gasteiger partial charge in [0.25, 0.3) is 0 Å². The molecule has 4 heteroatoms. The lowest BCUT2D eigenvalue weighted by atomic mass is 9.93. The number of benzene rings is 2. The second-order valence-corrected chi connectivity index (χ2v) is 5.55. The zero-order chi connectivity index (χ0) is 14.1. The predicted octanol–water partition coefficient (Wildman–Crippen LogP) is 3.88. The normalized spacial score (nSPS) is 16.6. The molecule has 0 bridgehead atoms. The minimum Gasteiger partial charge on any atom is -0.492 e. The highest BCUT2D eigenvalue weighted by atomic mass is 79.9. The highest BCUT2D eigenvalue weighted by molar-refractivity contribution is 9.10. The summed E-state index contributed by atoms with van der Waals surface area (Å²) in [6.07, 6.45) is 0.195. The summed E-state index contributed by atoms with van der Waals surface area (Å²) in [6, 6.07) is 12.3. The Morgan fingerprint density at radius 1 is 1.25 bits per heavy atom. The summed E-state index contributed by atoms with van der Waals surface area (Å²) in [5, 5.41) is 0. The van der Waals surface area contributed by atoms with Crippen LogP contribution >= 0.6 is 15.9 Å². The van der Waals surface area contributed by atoms with Gasteiger partial charge >= 0.3 is 0 Å². The van der Waals surface area contributed by atoms with Crippen LogP contribution in [0.5, 0.6) is 5.75 Å². The third-order valence-corrected chi connectivity index (χ3v) is 4.37. The monoisotopic (exact) mass is 334 g/mol. The van der Waals surface area contributed by atoms with Crippen molar-refractivity contribution in [1.29, 1.82) is 0 Å². The van der Waals surface area contributed by atoms with E-state index in [-0.39, 0.29) is 23.9 Å². The first-order valence-corrected chi connectivity index (χ1v) is 7.13. The standard InChI is InChI=1S/C16H12BrFO2/c17-16-10(4-3-6-13(16)18)8-14(19)12-9-20-15-7-2-1-5-11(12)15/h1-7,12H,8-9H2. The zero-order valence-electron chi connectivity index (χ0n) is 10.6. The van der Waals surface area contributed by atoms with E-state index in [2.05, 4.69) is 15.9 Å². The fourth-order valence-electron chi connectivity index (χ4n) is 2.43. The summed E-state index contributed by atoms with van der Waals surface area (Å²) in [4.78, 5) is 12.4. The van der Waals surface area contributed by atoms with Crippen LogP contribution in [0, 0.1) is 5.82 Å². The Morgan fingerprint density at radius 3 is 2.90 bits per heavy atom. The van der Waals surface area contributed by atoms with Crippen LogP contribution in [0.1, 0.15) is 17.0 Å². The van der Waals surface area contributed by atoms with Crippen LogP contribution in [0.25, 0.3) is 0 Å². The van der Waals surface area contributed by atoms with Gasteiger partial charge < -0.3 is 4.74 Å². The third-order valence-electron chi connectivity index (χ3n) is 3.48. The van der Waals surface area contributed by atoms with E-state index in [1.54, 1.807) is 12.1 Å². The Morgan fingerprint density at radius 2 is 2.05 bits per heavy atom. The molecular weight excluding hydrogens is 323 g/mol. The lowest BCUT2D eigenvalue weighted by Gasteiger charge is -2.09. The number of para-hydroxylation sites is 1. The van der Waals surface area contributed by atoms with Crippen LogP contribution in [-0.4, -0.2) is 12.4 Å². The van der Waals surface area contributed by atoms with E-state index in [1.807, 2.05) is 24.3 Å². The maximum Gasteiger partial charge on any atom is 0.148 e. The maximum atomic E-state index is 13.5. The second-order valence-electron chi connectivity index (χ2n) is 4.76. The minimum absolute atomic E-state index is 0.0428. The Labute approximate surface area is 124 Å². The highest BCUT2D eigenvalue weighted by Gasteiger charge is 2.30. The zero-order valence-corrected chi connectivity index (χ0v) is 12.2. The van der Waals surface area contributed by atoms with Gasteiger partial charge in [0.05, 0.1) is 10.4 Å². The number of ketones is 1. The predicted molar refractivity (Wildman–Crippen MR) is 77.5 cm³/mol. The van der Waals surface area contributed by atoms with Gasteiger partial charge in [-0.2, -0.15) is 0 Å².